The summed E-state index contributed by atoms with van der Waals surface area (Å²) >= 11 is 0.121. The predicted molar refractivity (Wildman–Crippen MR) is 44.2 cm³/mol. The fraction of sp³-hybridized carbons (Fsp3) is 0.714. The minimum Gasteiger partial charge on any atom is -0.396 e. The van der Waals surface area contributed by atoms with Crippen molar-refractivity contribution in [2.24, 2.45) is 0 Å². The first-order valence-electron chi connectivity index (χ1n) is 3.42. The topological polar surface area (TPSA) is 20.2 Å². The van der Waals surface area contributed by atoms with E-state index in [0.29, 0.717) is 0 Å². The molecule has 72 valence electrons. The Kier molecular flexibility index (Phi) is 5.41. The highest BCUT2D eigenvalue weighted by Crippen LogP contribution is 2.35. The van der Waals surface area contributed by atoms with Gasteiger partial charge in [0.05, 0.1) is 6.61 Å². The summed E-state index contributed by atoms with van der Waals surface area (Å²) in [5.41, 5.74) is 0. The summed E-state index contributed by atoms with van der Waals surface area (Å²) in [4.78, 5) is 0. The van der Waals surface area contributed by atoms with Gasteiger partial charge in [-0.3, -0.25) is 0 Å². The zero-order valence-corrected chi connectivity index (χ0v) is 7.29. The van der Waals surface area contributed by atoms with E-state index in [1.54, 1.807) is 0 Å². The van der Waals surface area contributed by atoms with E-state index in [9.17, 15) is 13.2 Å². The molecule has 0 aliphatic heterocycles. The molecule has 0 bridgehead atoms. The van der Waals surface area contributed by atoms with Crippen LogP contribution in [0.15, 0.2) is 12.7 Å². The molecule has 0 saturated heterocycles. The highest BCUT2D eigenvalue weighted by molar-refractivity contribution is 8.00. The molecule has 0 saturated carbocycles. The van der Waals surface area contributed by atoms with E-state index in [-0.39, 0.29) is 30.5 Å². The molecule has 1 nitrogen and oxygen atoms in total. The molecule has 0 fully saturated rings. The van der Waals surface area contributed by atoms with Gasteiger partial charge >= 0.3 is 5.25 Å². The van der Waals surface area contributed by atoms with Gasteiger partial charge in [-0.15, -0.1) is 6.58 Å². The number of alkyl halides is 3. The lowest BCUT2D eigenvalue weighted by molar-refractivity contribution is 0.0163. The van der Waals surface area contributed by atoms with E-state index in [0.717, 1.165) is 6.08 Å². The number of thioether (sulfide) groups is 1. The summed E-state index contributed by atoms with van der Waals surface area (Å²) in [5.74, 6) is -0.162. The fourth-order valence-electron chi connectivity index (χ4n) is 0.556. The Labute approximate surface area is 73.7 Å². The predicted octanol–water partition coefficient (Wildman–Crippen LogP) is 2.22. The molecular formula is C7H11F3OS. The van der Waals surface area contributed by atoms with Crippen LogP contribution in [0.1, 0.15) is 6.42 Å². The van der Waals surface area contributed by atoms with Crippen LogP contribution in [-0.4, -0.2) is 28.9 Å². The van der Waals surface area contributed by atoms with Crippen molar-refractivity contribution in [1.29, 1.82) is 0 Å². The van der Waals surface area contributed by atoms with Crippen LogP contribution in [-0.2, 0) is 0 Å². The number of rotatable bonds is 6. The van der Waals surface area contributed by atoms with Crippen LogP contribution in [0.3, 0.4) is 0 Å². The average molecular weight is 200 g/mol. The van der Waals surface area contributed by atoms with Crippen molar-refractivity contribution < 1.29 is 18.3 Å². The minimum absolute atomic E-state index is 0.121. The molecule has 0 amide bonds. The summed E-state index contributed by atoms with van der Waals surface area (Å²) in [6, 6.07) is 0. The van der Waals surface area contributed by atoms with Gasteiger partial charge in [-0.05, 0) is 0 Å². The first-order valence-corrected chi connectivity index (χ1v) is 4.40. The quantitative estimate of drug-likeness (QED) is 0.663. The Balaban J connectivity index is 3.89. The second-order valence-corrected chi connectivity index (χ2v) is 3.37. The van der Waals surface area contributed by atoms with E-state index in [4.69, 9.17) is 5.11 Å². The van der Waals surface area contributed by atoms with Crippen molar-refractivity contribution >= 4 is 11.8 Å². The fourth-order valence-corrected chi connectivity index (χ4v) is 1.20. The number of halogens is 3. The number of aliphatic hydroxyl groups excluding tert-OH is 1. The zero-order chi connectivity index (χ0) is 9.61. The molecule has 1 N–H and O–H groups in total. The Morgan fingerprint density at radius 3 is 2.58 bits per heavy atom. The van der Waals surface area contributed by atoms with Gasteiger partial charge in [-0.2, -0.15) is 8.78 Å². The second-order valence-electron chi connectivity index (χ2n) is 2.13. The molecular weight excluding hydrogens is 189 g/mol. The summed E-state index contributed by atoms with van der Waals surface area (Å²) < 4.78 is 37.8. The van der Waals surface area contributed by atoms with E-state index in [1.807, 2.05) is 0 Å². The van der Waals surface area contributed by atoms with Gasteiger partial charge in [-0.1, -0.05) is 17.8 Å². The third-order valence-electron chi connectivity index (χ3n) is 1.12. The third-order valence-corrected chi connectivity index (χ3v) is 2.15. The molecule has 0 aromatic carbocycles. The van der Waals surface area contributed by atoms with Crippen LogP contribution in [0.5, 0.6) is 0 Å². The Morgan fingerprint density at radius 2 is 2.17 bits per heavy atom. The molecule has 5 heteroatoms. The zero-order valence-electron chi connectivity index (χ0n) is 6.47. The molecule has 1 unspecified atom stereocenters. The second kappa shape index (κ2) is 5.48. The molecule has 0 rings (SSSR count). The van der Waals surface area contributed by atoms with Crippen molar-refractivity contribution in [2.45, 2.75) is 17.8 Å². The molecule has 0 aromatic rings. The van der Waals surface area contributed by atoms with Gasteiger partial charge in [0, 0.05) is 12.2 Å². The summed E-state index contributed by atoms with van der Waals surface area (Å²) in [5, 5.41) is 4.82. The first kappa shape index (κ1) is 11.8. The Bertz CT molecular complexity index is 141. The SMILES string of the molecule is C=CCC(F)C(F)(F)SCCO. The van der Waals surface area contributed by atoms with Crippen LogP contribution in [0.25, 0.3) is 0 Å². The van der Waals surface area contributed by atoms with E-state index >= 15 is 0 Å². The van der Waals surface area contributed by atoms with Gasteiger partial charge in [0.2, 0.25) is 0 Å². The van der Waals surface area contributed by atoms with Crippen LogP contribution in [0.2, 0.25) is 0 Å². The monoisotopic (exact) mass is 200 g/mol. The minimum atomic E-state index is -3.42. The summed E-state index contributed by atoms with van der Waals surface area (Å²) in [6.45, 7) is 2.79. The van der Waals surface area contributed by atoms with Gasteiger partial charge in [0.15, 0.2) is 6.17 Å². The molecule has 0 aliphatic carbocycles. The maximum absolute atomic E-state index is 12.6. The Morgan fingerprint density at radius 1 is 1.58 bits per heavy atom. The summed E-state index contributed by atoms with van der Waals surface area (Å²) in [6.07, 6.45) is -1.48. The number of aliphatic hydroxyl groups is 1. The Hall–Kier alpha value is -0.160. The van der Waals surface area contributed by atoms with Crippen molar-refractivity contribution in [2.75, 3.05) is 12.4 Å². The van der Waals surface area contributed by atoms with Gasteiger partial charge in [-0.25, -0.2) is 4.39 Å². The standard InChI is InChI=1S/C7H11F3OS/c1-2-3-6(8)7(9,10)12-5-4-11/h2,6,11H,1,3-5H2. The normalized spacial score (nSPS) is 14.3. The van der Waals surface area contributed by atoms with Crippen molar-refractivity contribution in [3.63, 3.8) is 0 Å². The lowest BCUT2D eigenvalue weighted by atomic mass is 10.3. The van der Waals surface area contributed by atoms with Crippen LogP contribution in [0, 0.1) is 0 Å². The third kappa shape index (κ3) is 4.01. The first-order chi connectivity index (χ1) is 5.54. The van der Waals surface area contributed by atoms with Crippen molar-refractivity contribution in [3.05, 3.63) is 12.7 Å². The van der Waals surface area contributed by atoms with Crippen LogP contribution in [0.4, 0.5) is 13.2 Å². The molecule has 0 radical (unpaired) electrons. The maximum Gasteiger partial charge on any atom is 0.324 e. The molecule has 0 heterocycles. The number of hydrogen-bond acceptors (Lipinski definition) is 2. The molecule has 0 aromatic heterocycles. The lowest BCUT2D eigenvalue weighted by Crippen LogP contribution is -2.26. The van der Waals surface area contributed by atoms with Gasteiger partial charge in [0.1, 0.15) is 0 Å². The van der Waals surface area contributed by atoms with E-state index < -0.39 is 11.4 Å². The largest absolute Gasteiger partial charge is 0.396 e. The molecule has 12 heavy (non-hydrogen) atoms. The van der Waals surface area contributed by atoms with Crippen molar-refractivity contribution in [3.8, 4) is 0 Å². The lowest BCUT2D eigenvalue weighted by Gasteiger charge is -2.18. The highest BCUT2D eigenvalue weighted by Gasteiger charge is 2.39. The van der Waals surface area contributed by atoms with Gasteiger partial charge in [0.25, 0.3) is 0 Å². The number of allylic oxidation sites excluding steroid dienone is 1. The average Bonchev–Trinajstić information content (AvgIpc) is 2.01. The smallest absolute Gasteiger partial charge is 0.324 e. The van der Waals surface area contributed by atoms with Gasteiger partial charge < -0.3 is 5.11 Å². The molecule has 0 spiro atoms. The van der Waals surface area contributed by atoms with Crippen molar-refractivity contribution in [1.82, 2.24) is 0 Å². The van der Waals surface area contributed by atoms with Crippen LogP contribution < -0.4 is 0 Å². The molecule has 1 atom stereocenters. The van der Waals surface area contributed by atoms with E-state index in [1.165, 1.54) is 0 Å². The highest BCUT2D eigenvalue weighted by atomic mass is 32.2. The number of hydrogen-bond donors (Lipinski definition) is 1. The summed E-state index contributed by atoms with van der Waals surface area (Å²) in [7, 11) is 0. The van der Waals surface area contributed by atoms with E-state index in [2.05, 4.69) is 6.58 Å². The maximum atomic E-state index is 12.6. The van der Waals surface area contributed by atoms with Crippen LogP contribution >= 0.6 is 11.8 Å². The molecule has 0 aliphatic rings.